The van der Waals surface area contributed by atoms with Crippen molar-refractivity contribution in [2.24, 2.45) is 5.41 Å². The molecule has 122 valence electrons. The summed E-state index contributed by atoms with van der Waals surface area (Å²) in [6, 6.07) is 3.40. The summed E-state index contributed by atoms with van der Waals surface area (Å²) in [5.41, 5.74) is 0.00228. The zero-order valence-corrected chi connectivity index (χ0v) is 13.3. The van der Waals surface area contributed by atoms with Gasteiger partial charge in [-0.15, -0.1) is 0 Å². The number of anilines is 1. The number of rotatable bonds is 7. The predicted octanol–water partition coefficient (Wildman–Crippen LogP) is 3.17. The van der Waals surface area contributed by atoms with E-state index in [-0.39, 0.29) is 22.7 Å². The summed E-state index contributed by atoms with van der Waals surface area (Å²) in [6.45, 7) is 4.45. The average molecular weight is 330 g/mol. The number of nitrogens with zero attached hydrogens (tertiary/aromatic N) is 1. The topological polar surface area (TPSA) is 104 Å². The van der Waals surface area contributed by atoms with Crippen LogP contribution < -0.4 is 10.6 Å². The molecule has 0 aromatic heterocycles. The molecule has 0 heterocycles. The molecular weight excluding hydrogens is 310 g/mol. The van der Waals surface area contributed by atoms with E-state index in [0.29, 0.717) is 12.2 Å². The number of carbonyl (C=O) groups is 1. The van der Waals surface area contributed by atoms with Gasteiger partial charge < -0.3 is 15.7 Å². The highest BCUT2D eigenvalue weighted by molar-refractivity contribution is 6.33. The van der Waals surface area contributed by atoms with Crippen LogP contribution in [0.1, 0.15) is 26.7 Å². The Labute approximate surface area is 133 Å². The van der Waals surface area contributed by atoms with E-state index in [4.69, 9.17) is 16.7 Å². The predicted molar refractivity (Wildman–Crippen MR) is 85.2 cm³/mol. The third kappa shape index (κ3) is 5.87. The van der Waals surface area contributed by atoms with Crippen LogP contribution in [-0.4, -0.2) is 29.2 Å². The van der Waals surface area contributed by atoms with Gasteiger partial charge in [-0.05, 0) is 24.3 Å². The molecule has 7 nitrogen and oxygen atoms in total. The second-order valence-corrected chi connectivity index (χ2v) is 6.14. The van der Waals surface area contributed by atoms with Gasteiger partial charge in [-0.3, -0.25) is 10.1 Å². The fourth-order valence-corrected chi connectivity index (χ4v) is 1.96. The minimum atomic E-state index is -0.557. The summed E-state index contributed by atoms with van der Waals surface area (Å²) in [7, 11) is 0. The Morgan fingerprint density at radius 1 is 1.45 bits per heavy atom. The number of amides is 2. The van der Waals surface area contributed by atoms with Gasteiger partial charge in [-0.1, -0.05) is 25.4 Å². The van der Waals surface area contributed by atoms with Gasteiger partial charge in [0.05, 0.1) is 15.6 Å². The number of aliphatic hydroxyl groups is 1. The van der Waals surface area contributed by atoms with E-state index < -0.39 is 11.0 Å². The minimum Gasteiger partial charge on any atom is -0.396 e. The van der Waals surface area contributed by atoms with Crippen LogP contribution in [0.5, 0.6) is 0 Å². The molecule has 0 atom stereocenters. The van der Waals surface area contributed by atoms with Crippen LogP contribution in [0.4, 0.5) is 16.2 Å². The summed E-state index contributed by atoms with van der Waals surface area (Å²) >= 11 is 5.88. The van der Waals surface area contributed by atoms with E-state index in [0.717, 1.165) is 12.8 Å². The van der Waals surface area contributed by atoms with Crippen molar-refractivity contribution in [3.63, 3.8) is 0 Å². The SMILES string of the molecule is CC(C)(CO)CCCNC(=O)Nc1ccc([N+](=O)[O-])cc1Cl. The number of hydrogen-bond acceptors (Lipinski definition) is 4. The first-order chi connectivity index (χ1) is 10.2. The molecule has 0 saturated carbocycles. The molecule has 1 aromatic rings. The van der Waals surface area contributed by atoms with E-state index in [2.05, 4.69) is 10.6 Å². The number of hydrogen-bond donors (Lipinski definition) is 3. The van der Waals surface area contributed by atoms with Crippen molar-refractivity contribution < 1.29 is 14.8 Å². The Bertz CT molecular complexity index is 549. The Balaban J connectivity index is 2.44. The van der Waals surface area contributed by atoms with Gasteiger partial charge in [0.25, 0.3) is 5.69 Å². The lowest BCUT2D eigenvalue weighted by Gasteiger charge is -2.21. The number of aliphatic hydroxyl groups excluding tert-OH is 1. The molecule has 1 aromatic carbocycles. The van der Waals surface area contributed by atoms with Crippen molar-refractivity contribution >= 4 is 29.0 Å². The van der Waals surface area contributed by atoms with Gasteiger partial charge in [-0.25, -0.2) is 4.79 Å². The van der Waals surface area contributed by atoms with Gasteiger partial charge in [0.2, 0.25) is 0 Å². The number of benzene rings is 1. The van der Waals surface area contributed by atoms with E-state index in [1.54, 1.807) is 0 Å². The smallest absolute Gasteiger partial charge is 0.319 e. The molecule has 0 fully saturated rings. The fourth-order valence-electron chi connectivity index (χ4n) is 1.73. The molecule has 0 aliphatic rings. The number of urea groups is 1. The zero-order chi connectivity index (χ0) is 16.8. The maximum absolute atomic E-state index is 11.7. The van der Waals surface area contributed by atoms with Gasteiger partial charge >= 0.3 is 6.03 Å². The van der Waals surface area contributed by atoms with Crippen LogP contribution in [0, 0.1) is 15.5 Å². The molecular formula is C14H20ClN3O4. The molecule has 8 heteroatoms. The number of nitro benzene ring substituents is 1. The molecule has 22 heavy (non-hydrogen) atoms. The van der Waals surface area contributed by atoms with Gasteiger partial charge in [0, 0.05) is 25.3 Å². The van der Waals surface area contributed by atoms with Gasteiger partial charge in [0.15, 0.2) is 0 Å². The van der Waals surface area contributed by atoms with Crippen molar-refractivity contribution in [3.05, 3.63) is 33.3 Å². The van der Waals surface area contributed by atoms with Crippen molar-refractivity contribution in [3.8, 4) is 0 Å². The minimum absolute atomic E-state index is 0.0948. The summed E-state index contributed by atoms with van der Waals surface area (Å²) < 4.78 is 0. The van der Waals surface area contributed by atoms with Crippen LogP contribution in [0.15, 0.2) is 18.2 Å². The second kappa shape index (κ2) is 7.95. The molecule has 0 saturated heterocycles. The van der Waals surface area contributed by atoms with Crippen LogP contribution in [0.25, 0.3) is 0 Å². The normalized spacial score (nSPS) is 11.1. The Morgan fingerprint density at radius 3 is 2.68 bits per heavy atom. The number of nitrogens with one attached hydrogen (secondary N) is 2. The van der Waals surface area contributed by atoms with Crippen molar-refractivity contribution in [1.82, 2.24) is 5.32 Å². The maximum Gasteiger partial charge on any atom is 0.319 e. The quantitative estimate of drug-likeness (QED) is 0.406. The number of halogens is 1. The lowest BCUT2D eigenvalue weighted by molar-refractivity contribution is -0.384. The van der Waals surface area contributed by atoms with Crippen LogP contribution >= 0.6 is 11.6 Å². The molecule has 3 N–H and O–H groups in total. The third-order valence-corrected chi connectivity index (χ3v) is 3.47. The highest BCUT2D eigenvalue weighted by Crippen LogP contribution is 2.26. The largest absolute Gasteiger partial charge is 0.396 e. The standard InChI is InChI=1S/C14H20ClN3O4/c1-14(2,9-19)6-3-7-16-13(20)17-12-5-4-10(18(21)22)8-11(12)15/h4-5,8,19H,3,6-7,9H2,1-2H3,(H2,16,17,20). The molecule has 2 amide bonds. The first kappa shape index (κ1) is 18.2. The van der Waals surface area contributed by atoms with Crippen molar-refractivity contribution in [1.29, 1.82) is 0 Å². The molecule has 0 radical (unpaired) electrons. The molecule has 0 unspecified atom stereocenters. The maximum atomic E-state index is 11.7. The van der Waals surface area contributed by atoms with Crippen LogP contribution in [0.3, 0.4) is 0 Å². The Kier molecular flexibility index (Phi) is 6.58. The fraction of sp³-hybridized carbons (Fsp3) is 0.500. The zero-order valence-electron chi connectivity index (χ0n) is 12.6. The summed E-state index contributed by atoms with van der Waals surface area (Å²) in [5, 5.41) is 25.0. The summed E-state index contributed by atoms with van der Waals surface area (Å²) in [4.78, 5) is 21.8. The average Bonchev–Trinajstić information content (AvgIpc) is 2.45. The lowest BCUT2D eigenvalue weighted by Crippen LogP contribution is -2.30. The first-order valence-corrected chi connectivity index (χ1v) is 7.22. The van der Waals surface area contributed by atoms with E-state index in [1.807, 2.05) is 13.8 Å². The monoisotopic (exact) mass is 329 g/mol. The van der Waals surface area contributed by atoms with E-state index >= 15 is 0 Å². The second-order valence-electron chi connectivity index (χ2n) is 5.73. The molecule has 0 bridgehead atoms. The first-order valence-electron chi connectivity index (χ1n) is 6.85. The van der Waals surface area contributed by atoms with E-state index in [9.17, 15) is 14.9 Å². The lowest BCUT2D eigenvalue weighted by atomic mass is 9.89. The number of non-ortho nitro benzene ring substituents is 1. The van der Waals surface area contributed by atoms with Crippen molar-refractivity contribution in [2.45, 2.75) is 26.7 Å². The summed E-state index contributed by atoms with van der Waals surface area (Å²) in [5.74, 6) is 0. The number of carbonyl (C=O) groups excluding carboxylic acids is 1. The van der Waals surface area contributed by atoms with E-state index in [1.165, 1.54) is 18.2 Å². The molecule has 1 rings (SSSR count). The summed E-state index contributed by atoms with van der Waals surface area (Å²) in [6.07, 6.45) is 1.51. The highest BCUT2D eigenvalue weighted by atomic mass is 35.5. The Morgan fingerprint density at radius 2 is 2.14 bits per heavy atom. The van der Waals surface area contributed by atoms with Crippen molar-refractivity contribution in [2.75, 3.05) is 18.5 Å². The molecule has 0 aliphatic carbocycles. The third-order valence-electron chi connectivity index (χ3n) is 3.16. The molecule has 0 aliphatic heterocycles. The Hall–Kier alpha value is -1.86. The van der Waals surface area contributed by atoms with Gasteiger partial charge in [0.1, 0.15) is 0 Å². The number of nitro groups is 1. The van der Waals surface area contributed by atoms with Crippen LogP contribution in [0.2, 0.25) is 5.02 Å². The van der Waals surface area contributed by atoms with Gasteiger partial charge in [-0.2, -0.15) is 0 Å². The molecule has 0 spiro atoms. The van der Waals surface area contributed by atoms with Crippen LogP contribution in [-0.2, 0) is 0 Å². The highest BCUT2D eigenvalue weighted by Gasteiger charge is 2.16.